The first-order chi connectivity index (χ1) is 16.1. The second kappa shape index (κ2) is 9.19. The Labute approximate surface area is 195 Å². The van der Waals surface area contributed by atoms with Crippen molar-refractivity contribution in [3.8, 4) is 22.7 Å². The normalized spacial score (nSPS) is 14.0. The molecule has 0 atom stereocenters. The summed E-state index contributed by atoms with van der Waals surface area (Å²) in [5.41, 5.74) is 2.51. The van der Waals surface area contributed by atoms with Crippen LogP contribution in [0.5, 0.6) is 0 Å². The van der Waals surface area contributed by atoms with Crippen molar-refractivity contribution >= 4 is 23.2 Å². The lowest BCUT2D eigenvalue weighted by Crippen LogP contribution is -2.12. The quantitative estimate of drug-likeness (QED) is 0.356. The van der Waals surface area contributed by atoms with Gasteiger partial charge in [0.1, 0.15) is 5.69 Å². The number of nitrogens with zero attached hydrogens (tertiary/aromatic N) is 3. The Hall–Kier alpha value is -3.45. The van der Waals surface area contributed by atoms with E-state index >= 15 is 0 Å². The molecule has 4 aromatic rings. The molecule has 3 heterocycles. The number of hydrogen-bond acceptors (Lipinski definition) is 4. The molecule has 1 aromatic carbocycles. The number of amides is 1. The lowest BCUT2D eigenvalue weighted by molar-refractivity contribution is 0.0997. The molecule has 1 fully saturated rings. The molecule has 5 rings (SSSR count). The highest BCUT2D eigenvalue weighted by Crippen LogP contribution is 2.35. The summed E-state index contributed by atoms with van der Waals surface area (Å²) in [5.74, 6) is 0.0367. The molecule has 0 spiro atoms. The van der Waals surface area contributed by atoms with E-state index in [0.29, 0.717) is 16.7 Å². The van der Waals surface area contributed by atoms with Crippen molar-refractivity contribution in [2.75, 3.05) is 5.32 Å². The van der Waals surface area contributed by atoms with E-state index in [-0.39, 0.29) is 11.4 Å². The fourth-order valence-corrected chi connectivity index (χ4v) is 4.44. The molecule has 0 saturated heterocycles. The molecule has 168 valence electrons. The standard InChI is InChI=1S/C25H22ClFN4O2/c26-18-7-5-17(6-8-18)23-24(31(15-29-23)14-16-3-1-2-4-16)21-9-10-22(33-21)25(32)30-20-11-12-28-13-19(20)27/h5-13,15-16H,1-4,14H2,(H,28,30,32). The Bertz CT molecular complexity index is 1280. The van der Waals surface area contributed by atoms with Gasteiger partial charge in [-0.1, -0.05) is 36.6 Å². The summed E-state index contributed by atoms with van der Waals surface area (Å²) < 4.78 is 21.9. The van der Waals surface area contributed by atoms with Crippen LogP contribution in [-0.2, 0) is 6.54 Å². The van der Waals surface area contributed by atoms with Gasteiger partial charge in [-0.05, 0) is 49.1 Å². The number of pyridine rings is 1. The van der Waals surface area contributed by atoms with Gasteiger partial charge in [0.2, 0.25) is 0 Å². The molecule has 0 radical (unpaired) electrons. The Morgan fingerprint density at radius 2 is 1.94 bits per heavy atom. The van der Waals surface area contributed by atoms with Crippen LogP contribution >= 0.6 is 11.6 Å². The maximum Gasteiger partial charge on any atom is 0.291 e. The summed E-state index contributed by atoms with van der Waals surface area (Å²) in [4.78, 5) is 21.0. The zero-order valence-electron chi connectivity index (χ0n) is 17.8. The van der Waals surface area contributed by atoms with Gasteiger partial charge in [0, 0.05) is 23.3 Å². The van der Waals surface area contributed by atoms with Crippen molar-refractivity contribution in [2.24, 2.45) is 5.92 Å². The number of hydrogen-bond donors (Lipinski definition) is 1. The van der Waals surface area contributed by atoms with Gasteiger partial charge in [-0.3, -0.25) is 9.78 Å². The monoisotopic (exact) mass is 464 g/mol. The van der Waals surface area contributed by atoms with Crippen LogP contribution in [0, 0.1) is 11.7 Å². The Balaban J connectivity index is 1.49. The zero-order valence-corrected chi connectivity index (χ0v) is 18.6. The van der Waals surface area contributed by atoms with E-state index in [0.717, 1.165) is 29.7 Å². The second-order valence-electron chi connectivity index (χ2n) is 8.23. The Morgan fingerprint density at radius 1 is 1.15 bits per heavy atom. The number of rotatable bonds is 6. The molecule has 0 bridgehead atoms. The lowest BCUT2D eigenvalue weighted by Gasteiger charge is -2.13. The van der Waals surface area contributed by atoms with Gasteiger partial charge in [0.05, 0.1) is 23.9 Å². The number of anilines is 1. The van der Waals surface area contributed by atoms with Crippen LogP contribution in [0.25, 0.3) is 22.7 Å². The molecule has 6 nitrogen and oxygen atoms in total. The van der Waals surface area contributed by atoms with E-state index in [1.54, 1.807) is 12.1 Å². The summed E-state index contributed by atoms with van der Waals surface area (Å²) in [6.45, 7) is 0.834. The zero-order chi connectivity index (χ0) is 22.8. The molecule has 33 heavy (non-hydrogen) atoms. The number of aromatic nitrogens is 3. The van der Waals surface area contributed by atoms with Gasteiger partial charge < -0.3 is 14.3 Å². The van der Waals surface area contributed by atoms with Crippen LogP contribution in [0.1, 0.15) is 36.2 Å². The molecule has 8 heteroatoms. The molecule has 1 N–H and O–H groups in total. The molecule has 0 aliphatic heterocycles. The van der Waals surface area contributed by atoms with Crippen molar-refractivity contribution in [1.29, 1.82) is 0 Å². The largest absolute Gasteiger partial charge is 0.449 e. The van der Waals surface area contributed by atoms with E-state index in [1.807, 2.05) is 30.6 Å². The number of carbonyl (C=O) groups is 1. The van der Waals surface area contributed by atoms with Crippen molar-refractivity contribution in [2.45, 2.75) is 32.2 Å². The van der Waals surface area contributed by atoms with Crippen LogP contribution in [0.15, 0.2) is 65.6 Å². The van der Waals surface area contributed by atoms with Crippen molar-refractivity contribution < 1.29 is 13.6 Å². The van der Waals surface area contributed by atoms with E-state index in [2.05, 4.69) is 19.9 Å². The van der Waals surface area contributed by atoms with Gasteiger partial charge in [0.15, 0.2) is 17.3 Å². The highest BCUT2D eigenvalue weighted by Gasteiger charge is 2.23. The van der Waals surface area contributed by atoms with Crippen LogP contribution in [0.3, 0.4) is 0 Å². The lowest BCUT2D eigenvalue weighted by atomic mass is 10.1. The topological polar surface area (TPSA) is 73.0 Å². The van der Waals surface area contributed by atoms with Gasteiger partial charge >= 0.3 is 0 Å². The van der Waals surface area contributed by atoms with E-state index in [9.17, 15) is 9.18 Å². The average molecular weight is 465 g/mol. The maximum atomic E-state index is 13.9. The smallest absolute Gasteiger partial charge is 0.291 e. The van der Waals surface area contributed by atoms with E-state index in [1.165, 1.54) is 37.9 Å². The predicted octanol–water partition coefficient (Wildman–Crippen LogP) is 6.44. The minimum Gasteiger partial charge on any atom is -0.449 e. The summed E-state index contributed by atoms with van der Waals surface area (Å²) in [6.07, 6.45) is 9.15. The summed E-state index contributed by atoms with van der Waals surface area (Å²) in [6, 6.07) is 12.2. The van der Waals surface area contributed by atoms with Gasteiger partial charge in [-0.2, -0.15) is 0 Å². The van der Waals surface area contributed by atoms with Crippen LogP contribution in [-0.4, -0.2) is 20.4 Å². The average Bonchev–Trinajstić information content (AvgIpc) is 3.57. The highest BCUT2D eigenvalue weighted by atomic mass is 35.5. The first-order valence-corrected chi connectivity index (χ1v) is 11.3. The van der Waals surface area contributed by atoms with Gasteiger partial charge in [-0.25, -0.2) is 9.37 Å². The first kappa shape index (κ1) is 21.4. The van der Waals surface area contributed by atoms with Crippen molar-refractivity contribution in [1.82, 2.24) is 14.5 Å². The molecule has 1 amide bonds. The second-order valence-corrected chi connectivity index (χ2v) is 8.66. The number of imidazole rings is 1. The summed E-state index contributed by atoms with van der Waals surface area (Å²) >= 11 is 6.07. The van der Waals surface area contributed by atoms with Crippen molar-refractivity contribution in [3.05, 3.63) is 77.8 Å². The number of furan rings is 1. The minimum absolute atomic E-state index is 0.0427. The summed E-state index contributed by atoms with van der Waals surface area (Å²) in [7, 11) is 0. The molecule has 1 saturated carbocycles. The molecule has 0 unspecified atom stereocenters. The number of carbonyl (C=O) groups excluding carboxylic acids is 1. The minimum atomic E-state index is -0.614. The third-order valence-corrected chi connectivity index (χ3v) is 6.22. The number of halogens is 2. The number of benzene rings is 1. The Morgan fingerprint density at radius 3 is 2.70 bits per heavy atom. The molecular weight excluding hydrogens is 443 g/mol. The van der Waals surface area contributed by atoms with Crippen LogP contribution in [0.4, 0.5) is 10.1 Å². The fourth-order valence-electron chi connectivity index (χ4n) is 4.32. The molecular formula is C25H22ClFN4O2. The Kier molecular flexibility index (Phi) is 5.96. The summed E-state index contributed by atoms with van der Waals surface area (Å²) in [5, 5.41) is 3.17. The van der Waals surface area contributed by atoms with Crippen LogP contribution in [0.2, 0.25) is 5.02 Å². The third kappa shape index (κ3) is 4.54. The fraction of sp³-hybridized carbons (Fsp3) is 0.240. The molecule has 1 aliphatic rings. The molecule has 3 aromatic heterocycles. The highest BCUT2D eigenvalue weighted by molar-refractivity contribution is 6.30. The van der Waals surface area contributed by atoms with Crippen LogP contribution < -0.4 is 5.32 Å². The van der Waals surface area contributed by atoms with E-state index in [4.69, 9.17) is 16.0 Å². The van der Waals surface area contributed by atoms with Gasteiger partial charge in [-0.15, -0.1) is 0 Å². The van der Waals surface area contributed by atoms with Gasteiger partial charge in [0.25, 0.3) is 5.91 Å². The SMILES string of the molecule is O=C(Nc1ccncc1F)c1ccc(-c2c(-c3ccc(Cl)cc3)ncn2CC2CCCC2)o1. The van der Waals surface area contributed by atoms with E-state index < -0.39 is 11.7 Å². The third-order valence-electron chi connectivity index (χ3n) is 5.97. The van der Waals surface area contributed by atoms with Crippen molar-refractivity contribution in [3.63, 3.8) is 0 Å². The first-order valence-electron chi connectivity index (χ1n) is 10.9. The molecule has 1 aliphatic carbocycles. The predicted molar refractivity (Wildman–Crippen MR) is 124 cm³/mol. The maximum absolute atomic E-state index is 13.9. The number of nitrogens with one attached hydrogen (secondary N) is 1.